The van der Waals surface area contributed by atoms with Gasteiger partial charge in [-0.2, -0.15) is 0 Å². The summed E-state index contributed by atoms with van der Waals surface area (Å²) in [6.07, 6.45) is 0. The highest BCUT2D eigenvalue weighted by Gasteiger charge is 2.17. The van der Waals surface area contributed by atoms with Crippen molar-refractivity contribution in [1.29, 1.82) is 0 Å². The summed E-state index contributed by atoms with van der Waals surface area (Å²) in [7, 11) is 0. The molecule has 4 heteroatoms. The average Bonchev–Trinajstić information content (AvgIpc) is 2.25. The van der Waals surface area contributed by atoms with Crippen LogP contribution in [-0.2, 0) is 9.53 Å². The summed E-state index contributed by atoms with van der Waals surface area (Å²) in [6.45, 7) is 4.73. The van der Waals surface area contributed by atoms with Crippen molar-refractivity contribution in [1.82, 2.24) is 0 Å². The first-order valence-electron chi connectivity index (χ1n) is 5.38. The maximum absolute atomic E-state index is 13.4. The van der Waals surface area contributed by atoms with E-state index in [1.807, 2.05) is 0 Å². The second-order valence-corrected chi connectivity index (χ2v) is 4.13. The van der Waals surface area contributed by atoms with Gasteiger partial charge in [0.15, 0.2) is 12.4 Å². The van der Waals surface area contributed by atoms with Gasteiger partial charge in [0.25, 0.3) is 0 Å². The molecule has 1 rings (SSSR count). The van der Waals surface area contributed by atoms with Crippen molar-refractivity contribution in [3.8, 4) is 0 Å². The fourth-order valence-corrected chi connectivity index (χ4v) is 1.27. The molecule has 0 heterocycles. The number of carbonyl (C=O) groups is 2. The quantitative estimate of drug-likeness (QED) is 0.757. The predicted octanol–water partition coefficient (Wildman–Crippen LogP) is 2.52. The van der Waals surface area contributed by atoms with E-state index in [4.69, 9.17) is 4.74 Å². The van der Waals surface area contributed by atoms with Gasteiger partial charge in [0.2, 0.25) is 0 Å². The van der Waals surface area contributed by atoms with Gasteiger partial charge < -0.3 is 4.74 Å². The van der Waals surface area contributed by atoms with Crippen LogP contribution < -0.4 is 0 Å². The van der Waals surface area contributed by atoms with E-state index in [-0.39, 0.29) is 23.9 Å². The van der Waals surface area contributed by atoms with E-state index >= 15 is 0 Å². The zero-order valence-corrected chi connectivity index (χ0v) is 10.1. The number of ether oxygens (including phenoxy) is 1. The Kier molecular flexibility index (Phi) is 4.37. The fraction of sp³-hybridized carbons (Fsp3) is 0.385. The molecule has 0 fully saturated rings. The Morgan fingerprint density at radius 2 is 2.00 bits per heavy atom. The number of aryl methyl sites for hydroxylation is 1. The van der Waals surface area contributed by atoms with Gasteiger partial charge in [-0.1, -0.05) is 26.0 Å². The van der Waals surface area contributed by atoms with Crippen LogP contribution >= 0.6 is 0 Å². The van der Waals surface area contributed by atoms with Gasteiger partial charge in [0.05, 0.1) is 5.56 Å². The summed E-state index contributed by atoms with van der Waals surface area (Å²) in [6, 6.07) is 4.32. The molecule has 0 unspecified atom stereocenters. The number of Topliss-reactive ketones (excluding diaryl/α,β-unsaturated/α-hetero) is 1. The van der Waals surface area contributed by atoms with Crippen LogP contribution in [0.2, 0.25) is 0 Å². The standard InChI is InChI=1S/C13H15FO3/c1-8(2)11(15)7-17-13(16)12-9(3)5-4-6-10(12)14/h4-6,8H,7H2,1-3H3. The maximum Gasteiger partial charge on any atom is 0.341 e. The van der Waals surface area contributed by atoms with Crippen LogP contribution in [0, 0.1) is 18.7 Å². The molecule has 0 saturated heterocycles. The number of rotatable bonds is 4. The molecule has 0 atom stereocenters. The molecule has 0 aromatic heterocycles. The predicted molar refractivity (Wildman–Crippen MR) is 61.3 cm³/mol. The number of hydrogen-bond donors (Lipinski definition) is 0. The van der Waals surface area contributed by atoms with Crippen LogP contribution in [0.25, 0.3) is 0 Å². The highest BCUT2D eigenvalue weighted by Crippen LogP contribution is 2.14. The van der Waals surface area contributed by atoms with E-state index in [0.717, 1.165) is 0 Å². The first kappa shape index (κ1) is 13.4. The topological polar surface area (TPSA) is 43.4 Å². The first-order chi connectivity index (χ1) is 7.93. The van der Waals surface area contributed by atoms with Crippen LogP contribution in [0.1, 0.15) is 29.8 Å². The Hall–Kier alpha value is -1.71. The van der Waals surface area contributed by atoms with E-state index in [9.17, 15) is 14.0 Å². The second-order valence-electron chi connectivity index (χ2n) is 4.13. The maximum atomic E-state index is 13.4. The normalized spacial score (nSPS) is 10.4. The van der Waals surface area contributed by atoms with Gasteiger partial charge in [-0.05, 0) is 18.6 Å². The molecule has 0 aliphatic rings. The van der Waals surface area contributed by atoms with Gasteiger partial charge in [0.1, 0.15) is 5.82 Å². The van der Waals surface area contributed by atoms with Crippen molar-refractivity contribution >= 4 is 11.8 Å². The minimum absolute atomic E-state index is 0.107. The largest absolute Gasteiger partial charge is 0.454 e. The Balaban J connectivity index is 2.74. The van der Waals surface area contributed by atoms with E-state index in [1.54, 1.807) is 26.8 Å². The molecule has 3 nitrogen and oxygen atoms in total. The Labute approximate surface area is 99.6 Å². The SMILES string of the molecule is Cc1cccc(F)c1C(=O)OCC(=O)C(C)C. The van der Waals surface area contributed by atoms with E-state index in [1.165, 1.54) is 12.1 Å². The van der Waals surface area contributed by atoms with Gasteiger partial charge >= 0.3 is 5.97 Å². The molecule has 0 spiro atoms. The summed E-state index contributed by atoms with van der Waals surface area (Å²) >= 11 is 0. The highest BCUT2D eigenvalue weighted by molar-refractivity contribution is 5.93. The van der Waals surface area contributed by atoms with E-state index in [2.05, 4.69) is 0 Å². The Morgan fingerprint density at radius 3 is 2.53 bits per heavy atom. The molecule has 0 bridgehead atoms. The Morgan fingerprint density at radius 1 is 1.35 bits per heavy atom. The minimum Gasteiger partial charge on any atom is -0.454 e. The number of ketones is 1. The number of hydrogen-bond acceptors (Lipinski definition) is 3. The molecule has 92 valence electrons. The summed E-state index contributed by atoms with van der Waals surface area (Å²) in [5, 5.41) is 0. The molecule has 0 aliphatic heterocycles. The summed E-state index contributed by atoms with van der Waals surface area (Å²) < 4.78 is 18.2. The van der Waals surface area contributed by atoms with E-state index < -0.39 is 11.8 Å². The number of benzene rings is 1. The Bertz CT molecular complexity index is 418. The summed E-state index contributed by atoms with van der Waals surface area (Å²) in [5.74, 6) is -1.82. The van der Waals surface area contributed by atoms with Gasteiger partial charge in [0, 0.05) is 5.92 Å². The minimum atomic E-state index is -0.797. The summed E-state index contributed by atoms with van der Waals surface area (Å²) in [5.41, 5.74) is 0.385. The van der Waals surface area contributed by atoms with Crippen LogP contribution in [0.4, 0.5) is 4.39 Å². The van der Waals surface area contributed by atoms with Crippen LogP contribution in [0.3, 0.4) is 0 Å². The molecular formula is C13H15FO3. The number of carbonyl (C=O) groups excluding carboxylic acids is 2. The fourth-order valence-electron chi connectivity index (χ4n) is 1.27. The molecule has 0 radical (unpaired) electrons. The third-order valence-corrected chi connectivity index (χ3v) is 2.42. The lowest BCUT2D eigenvalue weighted by Gasteiger charge is -2.08. The van der Waals surface area contributed by atoms with Crippen molar-refractivity contribution in [3.05, 3.63) is 35.1 Å². The zero-order chi connectivity index (χ0) is 13.0. The molecule has 0 N–H and O–H groups in total. The van der Waals surface area contributed by atoms with Crippen LogP contribution in [0.15, 0.2) is 18.2 Å². The van der Waals surface area contributed by atoms with Gasteiger partial charge in [-0.3, -0.25) is 4.79 Å². The monoisotopic (exact) mass is 238 g/mol. The van der Waals surface area contributed by atoms with Gasteiger partial charge in [-0.25, -0.2) is 9.18 Å². The van der Waals surface area contributed by atoms with E-state index in [0.29, 0.717) is 5.56 Å². The average molecular weight is 238 g/mol. The van der Waals surface area contributed by atoms with Crippen LogP contribution in [0.5, 0.6) is 0 Å². The van der Waals surface area contributed by atoms with Crippen molar-refractivity contribution < 1.29 is 18.7 Å². The number of esters is 1. The number of halogens is 1. The first-order valence-corrected chi connectivity index (χ1v) is 5.38. The third-order valence-electron chi connectivity index (χ3n) is 2.42. The molecule has 17 heavy (non-hydrogen) atoms. The van der Waals surface area contributed by atoms with Crippen LogP contribution in [-0.4, -0.2) is 18.4 Å². The highest BCUT2D eigenvalue weighted by atomic mass is 19.1. The van der Waals surface area contributed by atoms with Crippen molar-refractivity contribution in [2.24, 2.45) is 5.92 Å². The molecule has 0 saturated carbocycles. The molecule has 1 aromatic rings. The second kappa shape index (κ2) is 5.57. The lowest BCUT2D eigenvalue weighted by Crippen LogP contribution is -2.19. The smallest absolute Gasteiger partial charge is 0.341 e. The van der Waals surface area contributed by atoms with Gasteiger partial charge in [-0.15, -0.1) is 0 Å². The molecule has 0 aliphatic carbocycles. The van der Waals surface area contributed by atoms with Crippen molar-refractivity contribution in [2.45, 2.75) is 20.8 Å². The zero-order valence-electron chi connectivity index (χ0n) is 10.1. The lowest BCUT2D eigenvalue weighted by atomic mass is 10.1. The lowest BCUT2D eigenvalue weighted by molar-refractivity contribution is -0.125. The summed E-state index contributed by atoms with van der Waals surface area (Å²) in [4.78, 5) is 22.9. The molecular weight excluding hydrogens is 223 g/mol. The third kappa shape index (κ3) is 3.37. The van der Waals surface area contributed by atoms with Crippen molar-refractivity contribution in [2.75, 3.05) is 6.61 Å². The molecule has 0 amide bonds. The van der Waals surface area contributed by atoms with Crippen molar-refractivity contribution in [3.63, 3.8) is 0 Å². The molecule has 1 aromatic carbocycles.